The summed E-state index contributed by atoms with van der Waals surface area (Å²) < 4.78 is 67.9. The minimum atomic E-state index is -4.95. The van der Waals surface area contributed by atoms with Crippen molar-refractivity contribution < 1.29 is 80.2 Å². The predicted octanol–water partition coefficient (Wildman–Crippen LogP) is 20.1. The number of hydrogen-bond donors (Lipinski definition) is 3. The molecule has 0 aromatic carbocycles. The van der Waals surface area contributed by atoms with E-state index in [1.54, 1.807) is 0 Å². The van der Waals surface area contributed by atoms with Gasteiger partial charge in [-0.05, 0) is 31.6 Å². The minimum absolute atomic E-state index is 0.104. The fourth-order valence-corrected chi connectivity index (χ4v) is 12.2. The average Bonchev–Trinajstić information content (AvgIpc) is 3.59. The summed E-state index contributed by atoms with van der Waals surface area (Å²) in [4.78, 5) is 72.1. The number of rotatable bonds is 70. The second kappa shape index (κ2) is 63.5. The maximum atomic E-state index is 13.0. The second-order valence-electron chi connectivity index (χ2n) is 25.7. The van der Waals surface area contributed by atoms with Crippen LogP contribution >= 0.6 is 15.6 Å². The van der Waals surface area contributed by atoms with Crippen LogP contribution in [0.2, 0.25) is 0 Å². The minimum Gasteiger partial charge on any atom is -0.462 e. The molecule has 5 atom stereocenters. The molecule has 0 fully saturated rings. The zero-order valence-corrected chi connectivity index (χ0v) is 59.4. The Labute approximate surface area is 543 Å². The van der Waals surface area contributed by atoms with Crippen LogP contribution in [-0.4, -0.2) is 96.7 Å². The van der Waals surface area contributed by atoms with Gasteiger partial charge in [-0.25, -0.2) is 9.13 Å². The van der Waals surface area contributed by atoms with Crippen LogP contribution < -0.4 is 0 Å². The van der Waals surface area contributed by atoms with Crippen molar-refractivity contribution in [3.8, 4) is 0 Å². The van der Waals surface area contributed by atoms with E-state index in [9.17, 15) is 43.2 Å². The molecule has 0 aromatic rings. The van der Waals surface area contributed by atoms with Gasteiger partial charge in [0, 0.05) is 25.7 Å². The van der Waals surface area contributed by atoms with E-state index >= 15 is 0 Å². The third kappa shape index (κ3) is 64.6. The van der Waals surface area contributed by atoms with Crippen LogP contribution in [0.15, 0.2) is 0 Å². The molecule has 0 saturated carbocycles. The van der Waals surface area contributed by atoms with Crippen molar-refractivity contribution in [3.63, 3.8) is 0 Å². The van der Waals surface area contributed by atoms with E-state index in [0.29, 0.717) is 25.7 Å². The molecule has 528 valence electrons. The fourth-order valence-electron chi connectivity index (χ4n) is 10.6. The lowest BCUT2D eigenvalue weighted by Gasteiger charge is -2.21. The van der Waals surface area contributed by atoms with Crippen molar-refractivity contribution >= 4 is 39.5 Å². The molecule has 19 heteroatoms. The Morgan fingerprint density at radius 1 is 0.303 bits per heavy atom. The van der Waals surface area contributed by atoms with Crippen molar-refractivity contribution in [3.05, 3.63) is 0 Å². The summed E-state index contributed by atoms with van der Waals surface area (Å²) in [6, 6.07) is 0. The van der Waals surface area contributed by atoms with Crippen LogP contribution in [0.3, 0.4) is 0 Å². The zero-order valence-electron chi connectivity index (χ0n) is 57.6. The van der Waals surface area contributed by atoms with Gasteiger partial charge in [0.15, 0.2) is 12.2 Å². The molecule has 0 bridgehead atoms. The SMILES string of the molecule is CCCCCCCCCCCCCCCCCC(=O)OC[C@H](COP(=O)(O)OC[C@@H](O)COP(=O)(O)OC[C@@H](COC(=O)CCCCCCC)OC(=O)CCCCCCCCCC)OC(=O)CCCCCCCCCCCCCCCCCCCCC(C)C. The standard InChI is InChI=1S/C70H136O17P2/c1-6-9-12-15-17-19-20-21-26-30-33-36-40-44-49-54-68(73)81-60-66(87-70(75)56-51-46-41-37-34-31-28-25-23-22-24-27-29-32-35-38-43-47-52-63(4)5)62-85-89(78,79)83-58-64(71)57-82-88(76,77)84-61-65(59-80-67(72)53-48-42-14-11-8-3)86-69(74)55-50-45-39-18-16-13-10-7-2/h63-66,71H,6-62H2,1-5H3,(H,76,77)(H,78,79)/t64-,65+,66+/m0/s1. The number of unbranched alkanes of at least 4 members (excludes halogenated alkanes) is 42. The topological polar surface area (TPSA) is 237 Å². The number of carbonyl (C=O) groups is 4. The number of carbonyl (C=O) groups excluding carboxylic acids is 4. The molecule has 0 spiro atoms. The Morgan fingerprint density at radius 2 is 0.517 bits per heavy atom. The highest BCUT2D eigenvalue weighted by Crippen LogP contribution is 2.45. The predicted molar refractivity (Wildman–Crippen MR) is 358 cm³/mol. The summed E-state index contributed by atoms with van der Waals surface area (Å²) in [6.45, 7) is 7.16. The van der Waals surface area contributed by atoms with Gasteiger partial charge in [0.2, 0.25) is 0 Å². The van der Waals surface area contributed by atoms with E-state index in [4.69, 9.17) is 37.0 Å². The molecule has 0 amide bonds. The summed E-state index contributed by atoms with van der Waals surface area (Å²) in [7, 11) is -9.88. The first kappa shape index (κ1) is 87.1. The maximum absolute atomic E-state index is 13.0. The number of esters is 4. The van der Waals surface area contributed by atoms with Gasteiger partial charge in [-0.2, -0.15) is 0 Å². The highest BCUT2D eigenvalue weighted by molar-refractivity contribution is 7.47. The zero-order chi connectivity index (χ0) is 65.6. The number of hydrogen-bond acceptors (Lipinski definition) is 15. The summed E-state index contributed by atoms with van der Waals surface area (Å²) in [5, 5.41) is 10.5. The van der Waals surface area contributed by atoms with Gasteiger partial charge in [-0.15, -0.1) is 0 Å². The van der Waals surface area contributed by atoms with E-state index in [-0.39, 0.29) is 25.7 Å². The first-order chi connectivity index (χ1) is 43.0. The number of ether oxygens (including phenoxy) is 4. The van der Waals surface area contributed by atoms with E-state index in [2.05, 4.69) is 34.6 Å². The number of aliphatic hydroxyl groups is 1. The Morgan fingerprint density at radius 3 is 0.764 bits per heavy atom. The molecule has 17 nitrogen and oxygen atoms in total. The first-order valence-corrected chi connectivity index (χ1v) is 39.6. The molecule has 0 aliphatic carbocycles. The van der Waals surface area contributed by atoms with Crippen LogP contribution in [-0.2, 0) is 65.4 Å². The third-order valence-electron chi connectivity index (χ3n) is 16.3. The molecule has 0 aromatic heterocycles. The smallest absolute Gasteiger partial charge is 0.462 e. The third-order valence-corrected chi connectivity index (χ3v) is 18.2. The van der Waals surface area contributed by atoms with Crippen LogP contribution in [0, 0.1) is 5.92 Å². The Bertz CT molecular complexity index is 1720. The molecule has 3 N–H and O–H groups in total. The van der Waals surface area contributed by atoms with Gasteiger partial charge in [0.1, 0.15) is 19.3 Å². The van der Waals surface area contributed by atoms with Gasteiger partial charge < -0.3 is 33.8 Å². The normalized spacial score (nSPS) is 14.1. The van der Waals surface area contributed by atoms with Crippen molar-refractivity contribution in [2.75, 3.05) is 39.6 Å². The van der Waals surface area contributed by atoms with Crippen molar-refractivity contribution in [2.24, 2.45) is 5.92 Å². The molecule has 0 radical (unpaired) electrons. The molecule has 0 heterocycles. The molecule has 2 unspecified atom stereocenters. The van der Waals surface area contributed by atoms with Crippen molar-refractivity contribution in [1.29, 1.82) is 0 Å². The lowest BCUT2D eigenvalue weighted by molar-refractivity contribution is -0.161. The lowest BCUT2D eigenvalue weighted by Crippen LogP contribution is -2.30. The van der Waals surface area contributed by atoms with Crippen molar-refractivity contribution in [2.45, 2.75) is 380 Å². The van der Waals surface area contributed by atoms with E-state index in [1.165, 1.54) is 173 Å². The quantitative estimate of drug-likeness (QED) is 0.0222. The molecule has 0 saturated heterocycles. The van der Waals surface area contributed by atoms with E-state index in [1.807, 2.05) is 0 Å². The van der Waals surface area contributed by atoms with Gasteiger partial charge in [0.05, 0.1) is 26.4 Å². The molecular weight excluding hydrogens is 1170 g/mol. The average molecular weight is 1310 g/mol. The monoisotopic (exact) mass is 1310 g/mol. The van der Waals surface area contributed by atoms with Crippen LogP contribution in [0.25, 0.3) is 0 Å². The van der Waals surface area contributed by atoms with Gasteiger partial charge in [0.25, 0.3) is 0 Å². The summed E-state index contributed by atoms with van der Waals surface area (Å²) in [5.74, 6) is -1.32. The highest BCUT2D eigenvalue weighted by atomic mass is 31.2. The summed E-state index contributed by atoms with van der Waals surface area (Å²) >= 11 is 0. The summed E-state index contributed by atoms with van der Waals surface area (Å²) in [5.41, 5.74) is 0. The highest BCUT2D eigenvalue weighted by Gasteiger charge is 2.30. The maximum Gasteiger partial charge on any atom is 0.472 e. The second-order valence-corrected chi connectivity index (χ2v) is 28.7. The van der Waals surface area contributed by atoms with Crippen LogP contribution in [0.1, 0.15) is 362 Å². The van der Waals surface area contributed by atoms with E-state index in [0.717, 1.165) is 109 Å². The molecule has 0 rings (SSSR count). The van der Waals surface area contributed by atoms with E-state index < -0.39 is 97.5 Å². The Kier molecular flexibility index (Phi) is 62.1. The first-order valence-electron chi connectivity index (χ1n) is 36.6. The number of phosphoric acid groups is 2. The number of aliphatic hydroxyl groups excluding tert-OH is 1. The van der Waals surface area contributed by atoms with Gasteiger partial charge in [-0.3, -0.25) is 37.3 Å². The largest absolute Gasteiger partial charge is 0.472 e. The lowest BCUT2D eigenvalue weighted by atomic mass is 10.0. The Hall–Kier alpha value is -1.94. The van der Waals surface area contributed by atoms with Gasteiger partial charge in [-0.1, -0.05) is 311 Å². The molecule has 89 heavy (non-hydrogen) atoms. The van der Waals surface area contributed by atoms with Crippen molar-refractivity contribution in [1.82, 2.24) is 0 Å². The van der Waals surface area contributed by atoms with Gasteiger partial charge >= 0.3 is 39.5 Å². The fraction of sp³-hybridized carbons (Fsp3) is 0.943. The molecule has 0 aliphatic heterocycles. The number of phosphoric ester groups is 2. The Balaban J connectivity index is 5.09. The summed E-state index contributed by atoms with van der Waals surface area (Å²) in [6.07, 6.45) is 50.5. The van der Waals surface area contributed by atoms with Crippen LogP contribution in [0.5, 0.6) is 0 Å². The molecular formula is C70H136O17P2. The van der Waals surface area contributed by atoms with Crippen LogP contribution in [0.4, 0.5) is 0 Å². The molecule has 0 aliphatic rings.